The summed E-state index contributed by atoms with van der Waals surface area (Å²) in [5, 5.41) is 2.88. The van der Waals surface area contributed by atoms with Gasteiger partial charge in [-0.15, -0.1) is 0 Å². The molecule has 0 unspecified atom stereocenters. The number of carbonyl (C=O) groups is 1. The van der Waals surface area contributed by atoms with Crippen LogP contribution in [0.25, 0.3) is 0 Å². The number of morpholine rings is 1. The van der Waals surface area contributed by atoms with Crippen molar-refractivity contribution in [3.63, 3.8) is 0 Å². The van der Waals surface area contributed by atoms with Crippen molar-refractivity contribution >= 4 is 27.7 Å². The minimum absolute atomic E-state index is 0.198. The van der Waals surface area contributed by atoms with E-state index in [0.717, 1.165) is 11.5 Å². The SMILES string of the molecule is Cc1ccc(CSCCNC(=O)c2ccc(S(=O)(=O)N3CCOCC3)cc2)cc1. The van der Waals surface area contributed by atoms with Gasteiger partial charge in [0.1, 0.15) is 0 Å². The normalized spacial score (nSPS) is 15.2. The van der Waals surface area contributed by atoms with Gasteiger partial charge in [0.25, 0.3) is 5.91 Å². The van der Waals surface area contributed by atoms with Crippen molar-refractivity contribution in [1.82, 2.24) is 9.62 Å². The molecule has 0 spiro atoms. The summed E-state index contributed by atoms with van der Waals surface area (Å²) < 4.78 is 31.8. The third kappa shape index (κ3) is 6.05. The van der Waals surface area contributed by atoms with Crippen molar-refractivity contribution in [3.05, 3.63) is 65.2 Å². The maximum absolute atomic E-state index is 12.6. The molecule has 0 atom stereocenters. The monoisotopic (exact) mass is 434 g/mol. The predicted molar refractivity (Wildman–Crippen MR) is 116 cm³/mol. The lowest BCUT2D eigenvalue weighted by Crippen LogP contribution is -2.40. The van der Waals surface area contributed by atoms with Crippen LogP contribution in [0.5, 0.6) is 0 Å². The van der Waals surface area contributed by atoms with E-state index in [1.807, 2.05) is 0 Å². The second-order valence-electron chi connectivity index (χ2n) is 6.83. The number of ether oxygens (including phenoxy) is 1. The first-order valence-electron chi connectivity index (χ1n) is 9.56. The number of hydrogen-bond acceptors (Lipinski definition) is 5. The largest absolute Gasteiger partial charge is 0.379 e. The van der Waals surface area contributed by atoms with Gasteiger partial charge in [0, 0.05) is 36.7 Å². The van der Waals surface area contributed by atoms with Crippen molar-refractivity contribution in [2.24, 2.45) is 0 Å². The molecule has 0 aromatic heterocycles. The van der Waals surface area contributed by atoms with Crippen LogP contribution in [0.1, 0.15) is 21.5 Å². The van der Waals surface area contributed by atoms with Crippen LogP contribution in [0, 0.1) is 6.92 Å². The van der Waals surface area contributed by atoms with E-state index in [0.29, 0.717) is 38.4 Å². The number of nitrogens with zero attached hydrogens (tertiary/aromatic N) is 1. The highest BCUT2D eigenvalue weighted by Crippen LogP contribution is 2.18. The Kier molecular flexibility index (Phi) is 7.71. The van der Waals surface area contributed by atoms with Crippen molar-refractivity contribution in [1.29, 1.82) is 0 Å². The van der Waals surface area contributed by atoms with Crippen LogP contribution in [0.4, 0.5) is 0 Å². The standard InChI is InChI=1S/C21H26N2O4S2/c1-17-2-4-18(5-3-17)16-28-15-10-22-21(24)19-6-8-20(9-7-19)29(25,26)23-11-13-27-14-12-23/h2-9H,10-16H2,1H3,(H,22,24). The highest BCUT2D eigenvalue weighted by Gasteiger charge is 2.26. The zero-order valence-electron chi connectivity index (χ0n) is 16.5. The molecular weight excluding hydrogens is 408 g/mol. The van der Waals surface area contributed by atoms with Gasteiger partial charge in [0.2, 0.25) is 10.0 Å². The van der Waals surface area contributed by atoms with Crippen LogP contribution < -0.4 is 5.32 Å². The third-order valence-corrected chi connectivity index (χ3v) is 7.59. The molecule has 2 aromatic rings. The average Bonchev–Trinajstić information content (AvgIpc) is 2.75. The van der Waals surface area contributed by atoms with E-state index in [4.69, 9.17) is 4.74 Å². The Morgan fingerprint density at radius 1 is 1.07 bits per heavy atom. The van der Waals surface area contributed by atoms with Gasteiger partial charge in [-0.05, 0) is 36.8 Å². The number of rotatable bonds is 8. The quantitative estimate of drug-likeness (QED) is 0.647. The van der Waals surface area contributed by atoms with Gasteiger partial charge in [-0.3, -0.25) is 4.79 Å². The maximum atomic E-state index is 12.6. The van der Waals surface area contributed by atoms with E-state index in [9.17, 15) is 13.2 Å². The minimum atomic E-state index is -3.54. The van der Waals surface area contributed by atoms with Crippen molar-refractivity contribution in [3.8, 4) is 0 Å². The predicted octanol–water partition coefficient (Wildman–Crippen LogP) is 2.68. The summed E-state index contributed by atoms with van der Waals surface area (Å²) >= 11 is 1.76. The molecule has 1 fully saturated rings. The highest BCUT2D eigenvalue weighted by atomic mass is 32.2. The molecule has 0 radical (unpaired) electrons. The summed E-state index contributed by atoms with van der Waals surface area (Å²) in [5.74, 6) is 1.52. The van der Waals surface area contributed by atoms with E-state index in [1.165, 1.54) is 27.6 Å². The Balaban J connectivity index is 1.45. The molecule has 156 valence electrons. The van der Waals surface area contributed by atoms with Crippen LogP contribution in [-0.4, -0.2) is 57.2 Å². The van der Waals surface area contributed by atoms with Crippen LogP contribution in [0.3, 0.4) is 0 Å². The molecule has 1 aliphatic heterocycles. The first-order chi connectivity index (χ1) is 14.0. The molecule has 2 aromatic carbocycles. The molecular formula is C21H26N2O4S2. The minimum Gasteiger partial charge on any atom is -0.379 e. The molecule has 6 nitrogen and oxygen atoms in total. The summed E-state index contributed by atoms with van der Waals surface area (Å²) in [6.07, 6.45) is 0. The second-order valence-corrected chi connectivity index (χ2v) is 9.88. The zero-order chi connectivity index (χ0) is 20.7. The Bertz CT molecular complexity index is 907. The molecule has 1 amide bonds. The number of aryl methyl sites for hydroxylation is 1. The van der Waals surface area contributed by atoms with Gasteiger partial charge in [-0.25, -0.2) is 8.42 Å². The van der Waals surface area contributed by atoms with Crippen LogP contribution in [0.2, 0.25) is 0 Å². The number of carbonyl (C=O) groups excluding carboxylic acids is 1. The average molecular weight is 435 g/mol. The molecule has 0 saturated carbocycles. The Labute approximate surface area is 176 Å². The second kappa shape index (κ2) is 10.2. The number of nitrogens with one attached hydrogen (secondary N) is 1. The van der Waals surface area contributed by atoms with E-state index in [1.54, 1.807) is 23.9 Å². The summed E-state index contributed by atoms with van der Waals surface area (Å²) in [7, 11) is -3.54. The van der Waals surface area contributed by atoms with Crippen LogP contribution >= 0.6 is 11.8 Å². The molecule has 29 heavy (non-hydrogen) atoms. The van der Waals surface area contributed by atoms with E-state index in [2.05, 4.69) is 36.5 Å². The molecule has 3 rings (SSSR count). The van der Waals surface area contributed by atoms with Gasteiger partial charge in [-0.2, -0.15) is 16.1 Å². The van der Waals surface area contributed by atoms with Crippen molar-refractivity contribution in [2.75, 3.05) is 38.6 Å². The molecule has 1 aliphatic rings. The first-order valence-corrected chi connectivity index (χ1v) is 12.2. The van der Waals surface area contributed by atoms with E-state index < -0.39 is 10.0 Å². The van der Waals surface area contributed by atoms with Gasteiger partial charge < -0.3 is 10.1 Å². The third-order valence-electron chi connectivity index (χ3n) is 4.65. The number of amides is 1. The molecule has 0 aliphatic carbocycles. The van der Waals surface area contributed by atoms with Gasteiger partial charge >= 0.3 is 0 Å². The van der Waals surface area contributed by atoms with Crippen molar-refractivity contribution < 1.29 is 17.9 Å². The van der Waals surface area contributed by atoms with Gasteiger partial charge in [0.05, 0.1) is 18.1 Å². The smallest absolute Gasteiger partial charge is 0.251 e. The molecule has 1 heterocycles. The Morgan fingerprint density at radius 3 is 2.38 bits per heavy atom. The number of sulfonamides is 1. The van der Waals surface area contributed by atoms with Gasteiger partial charge in [0.15, 0.2) is 0 Å². The number of benzene rings is 2. The maximum Gasteiger partial charge on any atom is 0.251 e. The molecule has 8 heteroatoms. The Hall–Kier alpha value is -1.87. The highest BCUT2D eigenvalue weighted by molar-refractivity contribution is 7.98. The fourth-order valence-corrected chi connectivity index (χ4v) is 5.15. The van der Waals surface area contributed by atoms with Crippen molar-refractivity contribution in [2.45, 2.75) is 17.6 Å². The molecule has 1 saturated heterocycles. The lowest BCUT2D eigenvalue weighted by molar-refractivity contribution is 0.0730. The molecule has 0 bridgehead atoms. The summed E-state index contributed by atoms with van der Waals surface area (Å²) in [6.45, 7) is 4.14. The van der Waals surface area contributed by atoms with E-state index in [-0.39, 0.29) is 10.8 Å². The first kappa shape index (κ1) is 21.8. The van der Waals surface area contributed by atoms with E-state index >= 15 is 0 Å². The lowest BCUT2D eigenvalue weighted by Gasteiger charge is -2.26. The fourth-order valence-electron chi connectivity index (χ4n) is 2.93. The zero-order valence-corrected chi connectivity index (χ0v) is 18.1. The number of hydrogen-bond donors (Lipinski definition) is 1. The van der Waals surface area contributed by atoms with Crippen LogP contribution in [0.15, 0.2) is 53.4 Å². The van der Waals surface area contributed by atoms with Gasteiger partial charge in [-0.1, -0.05) is 29.8 Å². The molecule has 1 N–H and O–H groups in total. The summed E-state index contributed by atoms with van der Waals surface area (Å²) in [4.78, 5) is 12.5. The summed E-state index contributed by atoms with van der Waals surface area (Å²) in [5.41, 5.74) is 2.97. The fraction of sp³-hybridized carbons (Fsp3) is 0.381. The lowest BCUT2D eigenvalue weighted by atomic mass is 10.2. The summed E-state index contributed by atoms with van der Waals surface area (Å²) in [6, 6.07) is 14.5. The Morgan fingerprint density at radius 2 is 1.72 bits per heavy atom. The van der Waals surface area contributed by atoms with Crippen LogP contribution in [-0.2, 0) is 20.5 Å². The topological polar surface area (TPSA) is 75.7 Å². The number of thioether (sulfide) groups is 1.